The smallest absolute Gasteiger partial charge is 0.284 e. The second kappa shape index (κ2) is 6.71. The lowest BCUT2D eigenvalue weighted by Crippen LogP contribution is -2.09. The maximum Gasteiger partial charge on any atom is 0.284 e. The van der Waals surface area contributed by atoms with Gasteiger partial charge >= 0.3 is 0 Å². The number of methoxy groups -OCH3 is 1. The van der Waals surface area contributed by atoms with E-state index in [1.165, 1.54) is 37.7 Å². The van der Waals surface area contributed by atoms with Gasteiger partial charge < -0.3 is 9.15 Å². The van der Waals surface area contributed by atoms with E-state index in [0.717, 1.165) is 11.3 Å². The molecule has 4 heteroatoms. The van der Waals surface area contributed by atoms with E-state index in [9.17, 15) is 4.79 Å². The Labute approximate surface area is 146 Å². The third kappa shape index (κ3) is 3.16. The topological polar surface area (TPSA) is 52.3 Å². The molecule has 0 radical (unpaired) electrons. The minimum atomic E-state index is -0.232. The van der Waals surface area contributed by atoms with Gasteiger partial charge in [0.05, 0.1) is 12.5 Å². The van der Waals surface area contributed by atoms with E-state index in [0.29, 0.717) is 22.8 Å². The van der Waals surface area contributed by atoms with Crippen molar-refractivity contribution in [3.8, 4) is 17.2 Å². The fraction of sp³-hybridized carbons (Fsp3) is 0.333. The first-order valence-corrected chi connectivity index (χ1v) is 8.84. The van der Waals surface area contributed by atoms with Crippen LogP contribution in [0, 0.1) is 0 Å². The van der Waals surface area contributed by atoms with E-state index in [2.05, 4.69) is 11.1 Å². The van der Waals surface area contributed by atoms with Gasteiger partial charge in [0.2, 0.25) is 5.89 Å². The molecule has 1 aliphatic carbocycles. The van der Waals surface area contributed by atoms with Crippen LogP contribution in [0.25, 0.3) is 22.4 Å². The summed E-state index contributed by atoms with van der Waals surface area (Å²) in [7, 11) is 1.62. The van der Waals surface area contributed by atoms with Gasteiger partial charge in [-0.1, -0.05) is 25.3 Å². The van der Waals surface area contributed by atoms with Gasteiger partial charge in [0.1, 0.15) is 11.3 Å². The average molecular weight is 335 g/mol. The molecule has 128 valence electrons. The normalized spacial score (nSPS) is 15.4. The monoisotopic (exact) mass is 335 g/mol. The van der Waals surface area contributed by atoms with Crippen LogP contribution in [0.4, 0.5) is 0 Å². The van der Waals surface area contributed by atoms with Crippen molar-refractivity contribution in [2.45, 2.75) is 38.0 Å². The first kappa shape index (κ1) is 15.9. The van der Waals surface area contributed by atoms with Gasteiger partial charge in [0, 0.05) is 5.56 Å². The summed E-state index contributed by atoms with van der Waals surface area (Å²) in [5.74, 6) is 1.65. The quantitative estimate of drug-likeness (QED) is 0.682. The lowest BCUT2D eigenvalue weighted by Gasteiger charge is -2.22. The third-order valence-corrected chi connectivity index (χ3v) is 5.06. The minimum Gasteiger partial charge on any atom is -0.497 e. The number of fused-ring (bicyclic) bond motifs is 1. The summed E-state index contributed by atoms with van der Waals surface area (Å²) in [6.07, 6.45) is 6.26. The van der Waals surface area contributed by atoms with Crippen molar-refractivity contribution in [2.75, 3.05) is 7.11 Å². The van der Waals surface area contributed by atoms with Crippen LogP contribution in [0.15, 0.2) is 51.7 Å². The van der Waals surface area contributed by atoms with Crippen LogP contribution >= 0.6 is 0 Å². The van der Waals surface area contributed by atoms with Crippen LogP contribution in [0.3, 0.4) is 0 Å². The molecule has 4 nitrogen and oxygen atoms in total. The molecule has 1 aromatic heterocycles. The van der Waals surface area contributed by atoms with Gasteiger partial charge in [-0.2, -0.15) is 4.98 Å². The van der Waals surface area contributed by atoms with E-state index in [4.69, 9.17) is 9.15 Å². The van der Waals surface area contributed by atoms with Crippen LogP contribution in [0.5, 0.6) is 5.75 Å². The SMILES string of the molecule is COc1ccc(-c2nc(=O)c3cc(C4CCCCC4)ccc3o2)cc1. The molecule has 1 heterocycles. The molecule has 0 spiro atoms. The van der Waals surface area contributed by atoms with E-state index in [1.807, 2.05) is 36.4 Å². The highest BCUT2D eigenvalue weighted by Crippen LogP contribution is 2.33. The van der Waals surface area contributed by atoms with Gasteiger partial charge in [-0.05, 0) is 60.7 Å². The second-order valence-corrected chi connectivity index (χ2v) is 6.64. The largest absolute Gasteiger partial charge is 0.497 e. The Kier molecular flexibility index (Phi) is 4.26. The molecule has 2 aromatic carbocycles. The zero-order valence-electron chi connectivity index (χ0n) is 14.3. The molecule has 1 aliphatic rings. The molecule has 1 fully saturated rings. The molecular formula is C21H21NO3. The van der Waals surface area contributed by atoms with Crippen LogP contribution in [0.1, 0.15) is 43.6 Å². The van der Waals surface area contributed by atoms with Crippen molar-refractivity contribution < 1.29 is 9.15 Å². The van der Waals surface area contributed by atoms with E-state index in [1.54, 1.807) is 7.11 Å². The van der Waals surface area contributed by atoms with E-state index >= 15 is 0 Å². The molecule has 0 amide bonds. The molecule has 25 heavy (non-hydrogen) atoms. The molecule has 1 saturated carbocycles. The number of hydrogen-bond donors (Lipinski definition) is 0. The lowest BCUT2D eigenvalue weighted by atomic mass is 9.84. The van der Waals surface area contributed by atoms with Gasteiger partial charge in [0.15, 0.2) is 0 Å². The Morgan fingerprint density at radius 2 is 1.80 bits per heavy atom. The van der Waals surface area contributed by atoms with Crippen LogP contribution in [-0.2, 0) is 0 Å². The highest BCUT2D eigenvalue weighted by atomic mass is 16.5. The predicted octanol–water partition coefficient (Wildman–Crippen LogP) is 4.91. The second-order valence-electron chi connectivity index (χ2n) is 6.64. The van der Waals surface area contributed by atoms with Gasteiger partial charge in [0.25, 0.3) is 5.56 Å². The van der Waals surface area contributed by atoms with Crippen LogP contribution < -0.4 is 10.3 Å². The number of aromatic nitrogens is 1. The summed E-state index contributed by atoms with van der Waals surface area (Å²) < 4.78 is 11.0. The fourth-order valence-corrected chi connectivity index (χ4v) is 3.63. The van der Waals surface area contributed by atoms with Crippen LogP contribution in [0.2, 0.25) is 0 Å². The lowest BCUT2D eigenvalue weighted by molar-refractivity contribution is 0.415. The standard InChI is InChI=1S/C21H21NO3/c1-24-17-10-7-15(8-11-17)21-22-20(23)18-13-16(9-12-19(18)25-21)14-5-3-2-4-6-14/h7-14H,2-6H2,1H3. The minimum absolute atomic E-state index is 0.232. The van der Waals surface area contributed by atoms with Gasteiger partial charge in [-0.3, -0.25) is 4.79 Å². The molecule has 0 saturated heterocycles. The Morgan fingerprint density at radius 1 is 1.04 bits per heavy atom. The van der Waals surface area contributed by atoms with E-state index in [-0.39, 0.29) is 5.56 Å². The summed E-state index contributed by atoms with van der Waals surface area (Å²) >= 11 is 0. The third-order valence-electron chi connectivity index (χ3n) is 5.06. The zero-order chi connectivity index (χ0) is 17.2. The highest BCUT2D eigenvalue weighted by molar-refractivity contribution is 5.77. The summed E-state index contributed by atoms with van der Waals surface area (Å²) in [5, 5.41) is 0.570. The molecular weight excluding hydrogens is 314 g/mol. The molecule has 3 aromatic rings. The zero-order valence-corrected chi connectivity index (χ0v) is 14.3. The van der Waals surface area contributed by atoms with E-state index < -0.39 is 0 Å². The first-order chi connectivity index (χ1) is 12.2. The maximum atomic E-state index is 12.5. The predicted molar refractivity (Wildman–Crippen MR) is 98.1 cm³/mol. The van der Waals surface area contributed by atoms with Gasteiger partial charge in [-0.25, -0.2) is 0 Å². The van der Waals surface area contributed by atoms with Crippen LogP contribution in [-0.4, -0.2) is 12.1 Å². The van der Waals surface area contributed by atoms with Crippen molar-refractivity contribution in [3.63, 3.8) is 0 Å². The van der Waals surface area contributed by atoms with Gasteiger partial charge in [-0.15, -0.1) is 0 Å². The molecule has 0 unspecified atom stereocenters. The molecule has 0 atom stereocenters. The van der Waals surface area contributed by atoms with Crippen molar-refractivity contribution in [2.24, 2.45) is 0 Å². The first-order valence-electron chi connectivity index (χ1n) is 8.84. The number of rotatable bonds is 3. The maximum absolute atomic E-state index is 12.5. The summed E-state index contributed by atoms with van der Waals surface area (Å²) in [4.78, 5) is 16.7. The summed E-state index contributed by atoms with van der Waals surface area (Å²) in [5.41, 5.74) is 2.35. The molecule has 0 N–H and O–H groups in total. The molecule has 0 bridgehead atoms. The number of hydrogen-bond acceptors (Lipinski definition) is 4. The summed E-state index contributed by atoms with van der Waals surface area (Å²) in [6.45, 7) is 0. The highest BCUT2D eigenvalue weighted by Gasteiger charge is 2.17. The van der Waals surface area contributed by atoms with Crippen molar-refractivity contribution in [3.05, 3.63) is 58.4 Å². The Balaban J connectivity index is 1.73. The number of ether oxygens (including phenoxy) is 1. The summed E-state index contributed by atoms with van der Waals surface area (Å²) in [6, 6.07) is 13.3. The number of nitrogens with zero attached hydrogens (tertiary/aromatic N) is 1. The Morgan fingerprint density at radius 3 is 2.52 bits per heavy atom. The fourth-order valence-electron chi connectivity index (χ4n) is 3.63. The Hall–Kier alpha value is -2.62. The number of benzene rings is 2. The molecule has 4 rings (SSSR count). The molecule has 0 aliphatic heterocycles. The Bertz CT molecular complexity index is 938. The van der Waals surface area contributed by atoms with Crippen molar-refractivity contribution in [1.29, 1.82) is 0 Å². The van der Waals surface area contributed by atoms with Crippen molar-refractivity contribution >= 4 is 11.0 Å². The van der Waals surface area contributed by atoms with Crippen molar-refractivity contribution in [1.82, 2.24) is 4.98 Å². The average Bonchev–Trinajstić information content (AvgIpc) is 2.68.